The van der Waals surface area contributed by atoms with Crippen LogP contribution in [0.4, 0.5) is 0 Å². The number of benzene rings is 1. The highest BCUT2D eigenvalue weighted by molar-refractivity contribution is 7.98. The molecule has 3 aliphatic rings. The molecule has 11 amide bonds. The second-order valence-electron chi connectivity index (χ2n) is 26.0. The van der Waals surface area contributed by atoms with Gasteiger partial charge in [0.1, 0.15) is 47.0 Å². The molecule has 0 spiro atoms. The lowest BCUT2D eigenvalue weighted by atomic mass is 9.93. The molecule has 11 atom stereocenters. The largest absolute Gasteiger partial charge is 0.496 e. The average Bonchev–Trinajstić information content (AvgIpc) is 1.61. The van der Waals surface area contributed by atoms with Crippen LogP contribution in [0.25, 0.3) is 10.9 Å². The van der Waals surface area contributed by atoms with E-state index in [0.717, 1.165) is 9.80 Å². The van der Waals surface area contributed by atoms with Gasteiger partial charge in [0.15, 0.2) is 0 Å². The number of hydrogen-bond donors (Lipinski definition) is 14. The van der Waals surface area contributed by atoms with E-state index in [-0.39, 0.29) is 79.7 Å². The van der Waals surface area contributed by atoms with Crippen LogP contribution in [0.3, 0.4) is 0 Å². The number of likely N-dealkylation sites (tertiary alicyclic amines) is 1. The first kappa shape index (κ1) is 92.9. The number of aliphatic hydroxyl groups excluding tert-OH is 3. The molecule has 2 saturated heterocycles. The first-order valence-electron chi connectivity index (χ1n) is 36.5. The number of aliphatic hydroxyl groups is 3. The minimum absolute atomic E-state index is 0.00363. The van der Waals surface area contributed by atoms with E-state index in [1.165, 1.54) is 37.0 Å². The van der Waals surface area contributed by atoms with E-state index in [2.05, 4.69) is 36.9 Å². The molecular formula is C69H112N14O25S2. The van der Waals surface area contributed by atoms with E-state index in [0.29, 0.717) is 146 Å². The zero-order valence-electron chi connectivity index (χ0n) is 63.1. The summed E-state index contributed by atoms with van der Waals surface area (Å²) in [5, 5.41) is 48.2. The summed E-state index contributed by atoms with van der Waals surface area (Å²) in [6.07, 6.45) is -2.51. The highest BCUT2D eigenvalue weighted by Gasteiger charge is 2.45. The Hall–Kier alpha value is -7.75. The average molecular weight is 1600 g/mol. The molecule has 1 aromatic heterocycles. The second kappa shape index (κ2) is 50.3. The van der Waals surface area contributed by atoms with Gasteiger partial charge in [-0.1, -0.05) is 34.1 Å². The summed E-state index contributed by atoms with van der Waals surface area (Å²) in [7, 11) is -1.04. The van der Waals surface area contributed by atoms with Crippen LogP contribution in [0.5, 0.6) is 5.75 Å². The molecule has 2 fully saturated rings. The topological polar surface area (TPSA) is 560 Å². The maximum atomic E-state index is 15.3. The standard InChI is InChI=1S/C69H112N14O25S2/c1-6-42(3)60(78-56(88)7-2)66(95)74-35-57(89)75-51-41-110(98)68-47(33-49(63(72)92)76-67(96)61(43(4)53(86)39-84)79-65(94)52-32-45(85)38-82(52)69(97)50(34-55(71)87)77-64(51)93)46-8-9-54(99-5)48(62(46)80-68)40-109-31-30-108-29-28-107-27-26-106-25-24-105-23-22-104-21-20-103-19-18-102-17-16-101-15-14-100-13-12-81(73)36-44(70)37-83-58(90)10-11-59(83)91/h8-9,36,42-43,45,49-53,60-61,80,84-86H,6-7,10-35,37-41,70,73H2,1-5H3,(H2,71,87)(H2,72,92)(H,74,95)(H,75,89)(H,76,96)(H,77,93)(H,78,88)(H,79,94)/b44-36-/t42-,43-,45+,49-,50-,51+,52-,53-,60-,61-,110?/m0/s1. The van der Waals surface area contributed by atoms with Gasteiger partial charge in [0.25, 0.3) is 0 Å². The molecule has 39 nitrogen and oxygen atoms in total. The van der Waals surface area contributed by atoms with Crippen molar-refractivity contribution in [3.8, 4) is 5.75 Å². The molecule has 2 aromatic rings. The Balaban J connectivity index is 1.11. The molecule has 1 aromatic carbocycles. The Labute approximate surface area is 645 Å². The van der Waals surface area contributed by atoms with Crippen molar-refractivity contribution in [2.24, 2.45) is 34.9 Å². The van der Waals surface area contributed by atoms with Gasteiger partial charge in [-0.05, 0) is 23.6 Å². The summed E-state index contributed by atoms with van der Waals surface area (Å²) >= 11 is 1.43. The number of hydrazine groups is 1. The number of carbonyl (C=O) groups excluding carboxylic acids is 11. The second-order valence-corrected chi connectivity index (χ2v) is 28.5. The summed E-state index contributed by atoms with van der Waals surface area (Å²) in [5.41, 5.74) is 18.8. The molecule has 4 heterocycles. The van der Waals surface area contributed by atoms with Crippen LogP contribution < -0.4 is 59.7 Å². The Morgan fingerprint density at radius 1 is 0.755 bits per heavy atom. The molecular weight excluding hydrogens is 1490 g/mol. The molecule has 620 valence electrons. The van der Waals surface area contributed by atoms with Crippen molar-refractivity contribution in [3.05, 3.63) is 35.2 Å². The number of ether oxygens (including phenoxy) is 10. The molecule has 0 radical (unpaired) electrons. The van der Waals surface area contributed by atoms with Gasteiger partial charge in [-0.2, -0.15) is 11.8 Å². The van der Waals surface area contributed by atoms with E-state index < -0.39 is 163 Å². The lowest BCUT2D eigenvalue weighted by molar-refractivity contribution is -0.144. The van der Waals surface area contributed by atoms with Crippen molar-refractivity contribution < 1.29 is 120 Å². The maximum absolute atomic E-state index is 15.3. The van der Waals surface area contributed by atoms with Crippen molar-refractivity contribution in [1.29, 1.82) is 0 Å². The molecule has 18 N–H and O–H groups in total. The number of thioether (sulfide) groups is 1. The number of aromatic nitrogens is 1. The monoisotopic (exact) mass is 1600 g/mol. The SMILES string of the molecule is CCC(=O)N[C@H](C(=O)NCC(=O)N[C@@H]1CS(=O)c2[nH]c3c(CSCCOCCOCCOCCOCCOCCOCCOCCOCCOCCN(N)/C=C(\N)CN4C(=O)CCC4=O)c(OC)ccc3c2C[C@@H](C(N)=O)NC(=O)[C@H]([C@@H](C)[C@@H](O)CO)NC(=O)[C@@H]2C[C@@H](O)CN2C(=O)[C@H](CC(N)=O)NC1=O)[C@@H](C)CC. The first-order valence-corrected chi connectivity index (χ1v) is 39.0. The number of rotatable bonds is 50. The number of imide groups is 1. The lowest BCUT2D eigenvalue weighted by Gasteiger charge is -2.32. The maximum Gasteiger partial charge on any atom is 0.246 e. The summed E-state index contributed by atoms with van der Waals surface area (Å²) in [6, 6.07) is -6.69. The summed E-state index contributed by atoms with van der Waals surface area (Å²) in [4.78, 5) is 153. The number of nitrogens with two attached hydrogens (primary N) is 4. The van der Waals surface area contributed by atoms with Gasteiger partial charge in [-0.3, -0.25) is 61.8 Å². The van der Waals surface area contributed by atoms with E-state index in [1.54, 1.807) is 32.9 Å². The molecule has 0 aliphatic carbocycles. The van der Waals surface area contributed by atoms with Gasteiger partial charge < -0.3 is 127 Å². The van der Waals surface area contributed by atoms with E-state index >= 15 is 4.21 Å². The van der Waals surface area contributed by atoms with Crippen LogP contribution in [-0.2, 0) is 118 Å². The highest BCUT2D eigenvalue weighted by Crippen LogP contribution is 2.36. The lowest BCUT2D eigenvalue weighted by Crippen LogP contribution is -2.61. The summed E-state index contributed by atoms with van der Waals surface area (Å²) < 4.78 is 71.4. The predicted molar refractivity (Wildman–Crippen MR) is 396 cm³/mol. The third-order valence-electron chi connectivity index (χ3n) is 17.8. The normalized spacial score (nSPS) is 20.7. The molecule has 41 heteroatoms. The smallest absolute Gasteiger partial charge is 0.246 e. The van der Waals surface area contributed by atoms with Crippen LogP contribution in [-0.4, -0.2) is 323 Å². The van der Waals surface area contributed by atoms with Crippen molar-refractivity contribution in [2.75, 3.05) is 170 Å². The number of fused-ring (bicyclic) bond motifs is 4. The minimum atomic E-state index is -2.46. The van der Waals surface area contributed by atoms with E-state index in [9.17, 15) is 68.1 Å². The Morgan fingerprint density at radius 2 is 1.31 bits per heavy atom. The molecule has 110 heavy (non-hydrogen) atoms. The van der Waals surface area contributed by atoms with Crippen molar-refractivity contribution in [2.45, 2.75) is 132 Å². The predicted octanol–water partition coefficient (Wildman–Crippen LogP) is -5.34. The Kier molecular flexibility index (Phi) is 42.4. The van der Waals surface area contributed by atoms with Crippen molar-refractivity contribution in [1.82, 2.24) is 51.7 Å². The number of H-pyrrole nitrogens is 1. The van der Waals surface area contributed by atoms with Crippen LogP contribution in [0.15, 0.2) is 29.1 Å². The molecule has 0 saturated carbocycles. The van der Waals surface area contributed by atoms with Crippen LogP contribution in [0.2, 0.25) is 0 Å². The van der Waals surface area contributed by atoms with Crippen LogP contribution in [0, 0.1) is 11.8 Å². The number of methoxy groups -OCH3 is 1. The van der Waals surface area contributed by atoms with Gasteiger partial charge in [-0.15, -0.1) is 0 Å². The van der Waals surface area contributed by atoms with Gasteiger partial charge >= 0.3 is 0 Å². The zero-order valence-corrected chi connectivity index (χ0v) is 64.8. The third-order valence-corrected chi connectivity index (χ3v) is 20.2. The zero-order chi connectivity index (χ0) is 80.7. The molecule has 3 aliphatic heterocycles. The van der Waals surface area contributed by atoms with Gasteiger partial charge in [-0.25, -0.2) is 5.84 Å². The third kappa shape index (κ3) is 31.4. The number of primary amides is 2. The first-order chi connectivity index (χ1) is 52.7. The quantitative estimate of drug-likeness (QED) is 0.0127. The van der Waals surface area contributed by atoms with Crippen molar-refractivity contribution in [3.63, 3.8) is 0 Å². The molecule has 1 unspecified atom stereocenters. The van der Waals surface area contributed by atoms with Crippen molar-refractivity contribution >= 4 is 98.4 Å². The fourth-order valence-electron chi connectivity index (χ4n) is 11.5. The van der Waals surface area contributed by atoms with Gasteiger partial charge in [0, 0.05) is 78.9 Å². The molecule has 0 bridgehead atoms. The number of hydrogen-bond acceptors (Lipinski definition) is 29. The number of nitrogens with one attached hydrogen (secondary N) is 7. The van der Waals surface area contributed by atoms with Gasteiger partial charge in [0.2, 0.25) is 65.0 Å². The minimum Gasteiger partial charge on any atom is -0.496 e. The van der Waals surface area contributed by atoms with Crippen LogP contribution >= 0.6 is 11.8 Å². The number of carbonyl (C=O) groups is 11. The van der Waals surface area contributed by atoms with Crippen LogP contribution in [0.1, 0.15) is 77.3 Å². The van der Waals surface area contributed by atoms with E-state index in [4.69, 9.17) is 70.4 Å². The highest BCUT2D eigenvalue weighted by atomic mass is 32.2. The number of nitrogens with zero attached hydrogens (tertiary/aromatic N) is 3. The summed E-state index contributed by atoms with van der Waals surface area (Å²) in [5.74, 6) is -4.98. The molecule has 5 rings (SSSR count). The number of amides is 11. The fourth-order valence-corrected chi connectivity index (χ4v) is 13.8. The number of aromatic amines is 1. The fraction of sp³-hybridized carbons (Fsp3) is 0.696. The Bertz CT molecular complexity index is 3360. The van der Waals surface area contributed by atoms with Gasteiger partial charge in [0.05, 0.1) is 193 Å². The Morgan fingerprint density at radius 3 is 1.83 bits per heavy atom. The summed E-state index contributed by atoms with van der Waals surface area (Å²) in [6.45, 7) is 10.8. The van der Waals surface area contributed by atoms with E-state index in [1.807, 2.05) is 0 Å².